The van der Waals surface area contributed by atoms with E-state index in [1.54, 1.807) is 15.9 Å². The highest BCUT2D eigenvalue weighted by molar-refractivity contribution is 7.20. The molecule has 3 aromatic heterocycles. The molecule has 0 bridgehead atoms. The largest absolute Gasteiger partial charge is 0.353 e. The molecule has 0 aliphatic heterocycles. The number of nitrogens with zero attached hydrogens (tertiary/aromatic N) is 5. The summed E-state index contributed by atoms with van der Waals surface area (Å²) in [5.74, 6) is 0. The van der Waals surface area contributed by atoms with Gasteiger partial charge in [0, 0.05) is 16.1 Å². The van der Waals surface area contributed by atoms with Gasteiger partial charge in [-0.15, -0.1) is 15.3 Å². The van der Waals surface area contributed by atoms with Gasteiger partial charge in [0.05, 0.1) is 18.4 Å². The first-order chi connectivity index (χ1) is 13.7. The van der Waals surface area contributed by atoms with Crippen molar-refractivity contribution in [3.63, 3.8) is 0 Å². The van der Waals surface area contributed by atoms with E-state index in [4.69, 9.17) is 11.6 Å². The Bertz CT molecular complexity index is 1200. The van der Waals surface area contributed by atoms with Gasteiger partial charge in [-0.25, -0.2) is 9.50 Å². The number of anilines is 1. The lowest BCUT2D eigenvalue weighted by Gasteiger charge is -1.97. The van der Waals surface area contributed by atoms with E-state index in [1.165, 1.54) is 11.3 Å². The van der Waals surface area contributed by atoms with Crippen molar-refractivity contribution in [1.29, 1.82) is 0 Å². The SMILES string of the molecule is Clc1ccc(-c2cn3nc(NCc4nnc(-c5ccccc5)s4)sc3n2)cc1. The third-order valence-corrected chi connectivity index (χ3v) is 6.17. The lowest BCUT2D eigenvalue weighted by Crippen LogP contribution is -1.99. The molecule has 0 unspecified atom stereocenters. The van der Waals surface area contributed by atoms with Gasteiger partial charge in [0.2, 0.25) is 10.1 Å². The smallest absolute Gasteiger partial charge is 0.214 e. The minimum absolute atomic E-state index is 0.575. The molecule has 28 heavy (non-hydrogen) atoms. The minimum Gasteiger partial charge on any atom is -0.353 e. The first kappa shape index (κ1) is 17.3. The maximum atomic E-state index is 5.95. The van der Waals surface area contributed by atoms with Crippen molar-refractivity contribution in [3.05, 3.63) is 70.8 Å². The highest BCUT2D eigenvalue weighted by Gasteiger charge is 2.11. The van der Waals surface area contributed by atoms with Crippen LogP contribution in [0.15, 0.2) is 60.8 Å². The highest BCUT2D eigenvalue weighted by Crippen LogP contribution is 2.27. The van der Waals surface area contributed by atoms with Crippen LogP contribution in [-0.4, -0.2) is 24.8 Å². The third-order valence-electron chi connectivity index (χ3n) is 4.06. The van der Waals surface area contributed by atoms with Crippen molar-refractivity contribution in [1.82, 2.24) is 24.8 Å². The Labute approximate surface area is 173 Å². The quantitative estimate of drug-likeness (QED) is 0.417. The standard InChI is InChI=1S/C19H13ClN6S2/c20-14-8-6-12(7-9-14)15-11-26-19(22-15)28-18(25-26)21-10-16-23-24-17(27-16)13-4-2-1-3-5-13/h1-9,11H,10H2,(H,21,25). The van der Waals surface area contributed by atoms with Crippen molar-refractivity contribution in [3.8, 4) is 21.8 Å². The van der Waals surface area contributed by atoms with E-state index in [-0.39, 0.29) is 0 Å². The van der Waals surface area contributed by atoms with Gasteiger partial charge >= 0.3 is 0 Å². The summed E-state index contributed by atoms with van der Waals surface area (Å²) >= 11 is 9.02. The second kappa shape index (κ2) is 7.31. The van der Waals surface area contributed by atoms with Crippen molar-refractivity contribution in [2.75, 3.05) is 5.32 Å². The first-order valence-corrected chi connectivity index (χ1v) is 10.5. The number of rotatable bonds is 5. The van der Waals surface area contributed by atoms with Crippen molar-refractivity contribution < 1.29 is 0 Å². The topological polar surface area (TPSA) is 68.0 Å². The summed E-state index contributed by atoms with van der Waals surface area (Å²) < 4.78 is 1.78. The number of benzene rings is 2. The Balaban J connectivity index is 1.29. The predicted octanol–water partition coefficient (Wildman–Crippen LogP) is 5.24. The van der Waals surface area contributed by atoms with Gasteiger partial charge in [0.25, 0.3) is 0 Å². The second-order valence-electron chi connectivity index (χ2n) is 5.99. The van der Waals surface area contributed by atoms with Crippen molar-refractivity contribution in [2.45, 2.75) is 6.54 Å². The fraction of sp³-hybridized carbons (Fsp3) is 0.0526. The van der Waals surface area contributed by atoms with Crippen LogP contribution in [0.1, 0.15) is 5.01 Å². The molecule has 138 valence electrons. The Morgan fingerprint density at radius 2 is 1.75 bits per heavy atom. The maximum absolute atomic E-state index is 5.95. The molecule has 0 spiro atoms. The number of hydrogen-bond acceptors (Lipinski definition) is 7. The van der Waals surface area contributed by atoms with Gasteiger partial charge in [-0.3, -0.25) is 0 Å². The number of imidazole rings is 1. The van der Waals surface area contributed by atoms with E-state index >= 15 is 0 Å². The molecule has 0 saturated carbocycles. The van der Waals surface area contributed by atoms with Gasteiger partial charge in [-0.05, 0) is 12.1 Å². The summed E-state index contributed by atoms with van der Waals surface area (Å²) in [7, 11) is 0. The molecule has 2 aromatic carbocycles. The number of aromatic nitrogens is 5. The molecular formula is C19H13ClN6S2. The zero-order chi connectivity index (χ0) is 18.9. The van der Waals surface area contributed by atoms with Gasteiger partial charge < -0.3 is 5.32 Å². The number of fused-ring (bicyclic) bond motifs is 1. The summed E-state index contributed by atoms with van der Waals surface area (Å²) in [5.41, 5.74) is 2.96. The average Bonchev–Trinajstić information content (AvgIpc) is 3.42. The zero-order valence-corrected chi connectivity index (χ0v) is 16.8. The molecule has 0 atom stereocenters. The molecule has 0 saturated heterocycles. The Morgan fingerprint density at radius 3 is 2.54 bits per heavy atom. The molecule has 0 radical (unpaired) electrons. The van der Waals surface area contributed by atoms with Crippen LogP contribution in [0.25, 0.3) is 26.8 Å². The average molecular weight is 425 g/mol. The van der Waals surface area contributed by atoms with Crippen LogP contribution >= 0.6 is 34.3 Å². The molecule has 6 nitrogen and oxygen atoms in total. The van der Waals surface area contributed by atoms with Crippen LogP contribution in [-0.2, 0) is 6.54 Å². The van der Waals surface area contributed by atoms with Crippen molar-refractivity contribution in [2.24, 2.45) is 0 Å². The molecular weight excluding hydrogens is 412 g/mol. The molecule has 0 fully saturated rings. The van der Waals surface area contributed by atoms with Crippen LogP contribution < -0.4 is 5.32 Å². The van der Waals surface area contributed by atoms with E-state index in [0.29, 0.717) is 11.6 Å². The summed E-state index contributed by atoms with van der Waals surface area (Å²) in [6.45, 7) is 0.575. The van der Waals surface area contributed by atoms with Crippen LogP contribution in [0, 0.1) is 0 Å². The monoisotopic (exact) mass is 424 g/mol. The maximum Gasteiger partial charge on any atom is 0.214 e. The van der Waals surface area contributed by atoms with E-state index < -0.39 is 0 Å². The molecule has 3 heterocycles. The molecule has 0 aliphatic carbocycles. The lowest BCUT2D eigenvalue weighted by atomic mass is 10.2. The number of halogens is 1. The Morgan fingerprint density at radius 1 is 0.929 bits per heavy atom. The first-order valence-electron chi connectivity index (χ1n) is 8.48. The van der Waals surface area contributed by atoms with Crippen LogP contribution in [0.4, 0.5) is 5.13 Å². The van der Waals surface area contributed by atoms with Crippen molar-refractivity contribution >= 4 is 44.4 Å². The van der Waals surface area contributed by atoms with Gasteiger partial charge in [-0.2, -0.15) is 0 Å². The predicted molar refractivity (Wildman–Crippen MR) is 114 cm³/mol. The van der Waals surface area contributed by atoms with E-state index in [2.05, 4.69) is 25.6 Å². The third kappa shape index (κ3) is 3.49. The highest BCUT2D eigenvalue weighted by atomic mass is 35.5. The van der Waals surface area contributed by atoms with Gasteiger partial charge in [0.1, 0.15) is 10.0 Å². The second-order valence-corrected chi connectivity index (χ2v) is 8.44. The Kier molecular flexibility index (Phi) is 4.52. The molecule has 9 heteroatoms. The fourth-order valence-electron chi connectivity index (χ4n) is 2.70. The lowest BCUT2D eigenvalue weighted by molar-refractivity contribution is 0.947. The van der Waals surface area contributed by atoms with E-state index in [9.17, 15) is 0 Å². The molecule has 0 amide bonds. The summed E-state index contributed by atoms with van der Waals surface area (Å²) in [4.78, 5) is 5.47. The van der Waals surface area contributed by atoms with Crippen LogP contribution in [0.2, 0.25) is 5.02 Å². The summed E-state index contributed by atoms with van der Waals surface area (Å²) in [6, 6.07) is 17.7. The van der Waals surface area contributed by atoms with Gasteiger partial charge in [-0.1, -0.05) is 76.7 Å². The summed E-state index contributed by atoms with van der Waals surface area (Å²) in [6.07, 6.45) is 1.92. The van der Waals surface area contributed by atoms with Crippen LogP contribution in [0.3, 0.4) is 0 Å². The zero-order valence-electron chi connectivity index (χ0n) is 14.4. The summed E-state index contributed by atoms with van der Waals surface area (Å²) in [5, 5.41) is 19.7. The molecule has 5 rings (SSSR count). The van der Waals surface area contributed by atoms with Crippen LogP contribution in [0.5, 0.6) is 0 Å². The van der Waals surface area contributed by atoms with Gasteiger partial charge in [0.15, 0.2) is 0 Å². The molecule has 1 N–H and O–H groups in total. The molecule has 0 aliphatic rings. The Hall–Kier alpha value is -2.81. The molecule has 5 aromatic rings. The minimum atomic E-state index is 0.575. The number of nitrogens with one attached hydrogen (secondary N) is 1. The van der Waals surface area contributed by atoms with E-state index in [1.807, 2.05) is 60.8 Å². The van der Waals surface area contributed by atoms with E-state index in [0.717, 1.165) is 36.9 Å². The normalized spacial score (nSPS) is 11.2. The fourth-order valence-corrected chi connectivity index (χ4v) is 4.39. The number of hydrogen-bond donors (Lipinski definition) is 1.